The van der Waals surface area contributed by atoms with Crippen LogP contribution in [0.5, 0.6) is 0 Å². The van der Waals surface area contributed by atoms with Crippen molar-refractivity contribution in [3.05, 3.63) is 0 Å². The van der Waals surface area contributed by atoms with E-state index in [1.165, 1.54) is 6.42 Å². The lowest BCUT2D eigenvalue weighted by atomic mass is 9.93. The number of nitrogens with one attached hydrogen (secondary N) is 1. The number of aliphatic hydroxyl groups excluding tert-OH is 1. The Balaban J connectivity index is 2.23. The molecule has 1 aliphatic rings. The molecule has 2 heteroatoms. The minimum absolute atomic E-state index is 0.345. The second-order valence-electron chi connectivity index (χ2n) is 3.05. The van der Waals surface area contributed by atoms with Gasteiger partial charge in [0.15, 0.2) is 0 Å². The summed E-state index contributed by atoms with van der Waals surface area (Å²) in [5.74, 6) is 1.25. The monoisotopic (exact) mass is 129 g/mol. The minimum atomic E-state index is 0.345. The summed E-state index contributed by atoms with van der Waals surface area (Å²) >= 11 is 0. The van der Waals surface area contributed by atoms with Crippen LogP contribution in [0.25, 0.3) is 0 Å². The van der Waals surface area contributed by atoms with Gasteiger partial charge in [-0.1, -0.05) is 6.92 Å². The van der Waals surface area contributed by atoms with Crippen LogP contribution in [0.15, 0.2) is 0 Å². The Bertz CT molecular complexity index is 85.0. The molecule has 2 atom stereocenters. The quantitative estimate of drug-likeness (QED) is 0.531. The highest BCUT2D eigenvalue weighted by atomic mass is 16.3. The summed E-state index contributed by atoms with van der Waals surface area (Å²) in [5.41, 5.74) is 0. The summed E-state index contributed by atoms with van der Waals surface area (Å²) < 4.78 is 0. The Morgan fingerprint density at radius 2 is 2.33 bits per heavy atom. The van der Waals surface area contributed by atoms with E-state index >= 15 is 0 Å². The average molecular weight is 129 g/mol. The molecule has 1 unspecified atom stereocenters. The lowest BCUT2D eigenvalue weighted by Crippen LogP contribution is -2.36. The van der Waals surface area contributed by atoms with Gasteiger partial charge in [0.2, 0.25) is 0 Å². The van der Waals surface area contributed by atoms with E-state index in [4.69, 9.17) is 5.11 Å². The van der Waals surface area contributed by atoms with Crippen LogP contribution in [0.4, 0.5) is 0 Å². The molecule has 1 aliphatic heterocycles. The highest BCUT2D eigenvalue weighted by molar-refractivity contribution is 4.72. The molecule has 2 nitrogen and oxygen atoms in total. The Morgan fingerprint density at radius 1 is 1.56 bits per heavy atom. The second kappa shape index (κ2) is 3.18. The lowest BCUT2D eigenvalue weighted by Gasteiger charge is -2.25. The summed E-state index contributed by atoms with van der Waals surface area (Å²) in [6, 6.07) is 0. The zero-order chi connectivity index (χ0) is 6.69. The van der Waals surface area contributed by atoms with E-state index in [1.807, 2.05) is 0 Å². The first-order chi connectivity index (χ1) is 4.33. The first-order valence-electron chi connectivity index (χ1n) is 3.64. The predicted molar refractivity (Wildman–Crippen MR) is 37.2 cm³/mol. The van der Waals surface area contributed by atoms with Crippen LogP contribution in [-0.4, -0.2) is 24.8 Å². The zero-order valence-electron chi connectivity index (χ0n) is 5.93. The normalized spacial score (nSPS) is 36.7. The van der Waals surface area contributed by atoms with Gasteiger partial charge >= 0.3 is 0 Å². The molecular formula is C7H15NO. The highest BCUT2D eigenvalue weighted by Crippen LogP contribution is 2.14. The number of hydrogen-bond donors (Lipinski definition) is 2. The Labute approximate surface area is 56.3 Å². The number of hydrogen-bond acceptors (Lipinski definition) is 2. The van der Waals surface area contributed by atoms with Crippen LogP contribution in [0, 0.1) is 11.8 Å². The van der Waals surface area contributed by atoms with Gasteiger partial charge in [-0.2, -0.15) is 0 Å². The van der Waals surface area contributed by atoms with E-state index in [0.29, 0.717) is 12.5 Å². The van der Waals surface area contributed by atoms with Gasteiger partial charge in [0.05, 0.1) is 0 Å². The molecule has 0 spiro atoms. The van der Waals surface area contributed by atoms with Crippen molar-refractivity contribution in [2.24, 2.45) is 11.8 Å². The fourth-order valence-corrected chi connectivity index (χ4v) is 1.41. The van der Waals surface area contributed by atoms with Crippen molar-refractivity contribution >= 4 is 0 Å². The molecule has 0 aromatic rings. The van der Waals surface area contributed by atoms with Gasteiger partial charge in [0, 0.05) is 13.2 Å². The largest absolute Gasteiger partial charge is 0.396 e. The van der Waals surface area contributed by atoms with Crippen LogP contribution in [0.3, 0.4) is 0 Å². The standard InChI is InChI=1S/C7H15NO/c1-6-2-7(5-9)4-8-3-6/h6-9H,2-5H2,1H3/t6-,7?/m0/s1. The van der Waals surface area contributed by atoms with Gasteiger partial charge in [-0.3, -0.25) is 0 Å². The predicted octanol–water partition coefficient (Wildman–Crippen LogP) is 0.224. The Hall–Kier alpha value is -0.0800. The molecule has 0 aromatic heterocycles. The lowest BCUT2D eigenvalue weighted by molar-refractivity contribution is 0.177. The third kappa shape index (κ3) is 1.95. The van der Waals surface area contributed by atoms with Crippen molar-refractivity contribution in [3.8, 4) is 0 Å². The summed E-state index contributed by atoms with van der Waals surface area (Å²) in [4.78, 5) is 0. The van der Waals surface area contributed by atoms with E-state index < -0.39 is 0 Å². The molecule has 0 aromatic carbocycles. The SMILES string of the molecule is C[C@@H]1CNCC(CO)C1. The molecule has 0 bridgehead atoms. The van der Waals surface area contributed by atoms with E-state index in [9.17, 15) is 0 Å². The van der Waals surface area contributed by atoms with Gasteiger partial charge in [-0.15, -0.1) is 0 Å². The first kappa shape index (κ1) is 7.03. The highest BCUT2D eigenvalue weighted by Gasteiger charge is 2.16. The zero-order valence-corrected chi connectivity index (χ0v) is 5.93. The van der Waals surface area contributed by atoms with Crippen molar-refractivity contribution in [2.75, 3.05) is 19.7 Å². The van der Waals surface area contributed by atoms with Crippen molar-refractivity contribution in [3.63, 3.8) is 0 Å². The number of piperidine rings is 1. The molecular weight excluding hydrogens is 114 g/mol. The number of rotatable bonds is 1. The van der Waals surface area contributed by atoms with Crippen molar-refractivity contribution < 1.29 is 5.11 Å². The Morgan fingerprint density at radius 3 is 2.78 bits per heavy atom. The third-order valence-corrected chi connectivity index (χ3v) is 1.92. The van der Waals surface area contributed by atoms with Crippen LogP contribution in [0.1, 0.15) is 13.3 Å². The van der Waals surface area contributed by atoms with Crippen molar-refractivity contribution in [1.29, 1.82) is 0 Å². The van der Waals surface area contributed by atoms with Crippen LogP contribution in [-0.2, 0) is 0 Å². The van der Waals surface area contributed by atoms with Crippen LogP contribution >= 0.6 is 0 Å². The van der Waals surface area contributed by atoms with Gasteiger partial charge in [0.1, 0.15) is 0 Å². The average Bonchev–Trinajstić information content (AvgIpc) is 1.88. The Kier molecular flexibility index (Phi) is 2.49. The van der Waals surface area contributed by atoms with E-state index in [0.717, 1.165) is 19.0 Å². The molecule has 2 N–H and O–H groups in total. The molecule has 1 heterocycles. The van der Waals surface area contributed by atoms with Crippen LogP contribution < -0.4 is 5.32 Å². The van der Waals surface area contributed by atoms with E-state index in [1.54, 1.807) is 0 Å². The second-order valence-corrected chi connectivity index (χ2v) is 3.05. The topological polar surface area (TPSA) is 32.3 Å². The minimum Gasteiger partial charge on any atom is -0.396 e. The fraction of sp³-hybridized carbons (Fsp3) is 1.00. The van der Waals surface area contributed by atoms with Crippen molar-refractivity contribution in [2.45, 2.75) is 13.3 Å². The molecule has 0 amide bonds. The van der Waals surface area contributed by atoms with Gasteiger partial charge in [-0.05, 0) is 24.8 Å². The van der Waals surface area contributed by atoms with E-state index in [-0.39, 0.29) is 0 Å². The molecule has 0 radical (unpaired) electrons. The summed E-state index contributed by atoms with van der Waals surface area (Å²) in [6.45, 7) is 4.68. The molecule has 1 fully saturated rings. The molecule has 0 aliphatic carbocycles. The maximum Gasteiger partial charge on any atom is 0.0471 e. The first-order valence-corrected chi connectivity index (χ1v) is 3.64. The third-order valence-electron chi connectivity index (χ3n) is 1.92. The fourth-order valence-electron chi connectivity index (χ4n) is 1.41. The van der Waals surface area contributed by atoms with Gasteiger partial charge < -0.3 is 10.4 Å². The van der Waals surface area contributed by atoms with Gasteiger partial charge in [-0.25, -0.2) is 0 Å². The summed E-state index contributed by atoms with van der Waals surface area (Å²) in [7, 11) is 0. The van der Waals surface area contributed by atoms with Crippen molar-refractivity contribution in [1.82, 2.24) is 5.32 Å². The van der Waals surface area contributed by atoms with Gasteiger partial charge in [0.25, 0.3) is 0 Å². The molecule has 54 valence electrons. The maximum absolute atomic E-state index is 8.77. The van der Waals surface area contributed by atoms with E-state index in [2.05, 4.69) is 12.2 Å². The molecule has 1 rings (SSSR count). The molecule has 9 heavy (non-hydrogen) atoms. The number of aliphatic hydroxyl groups is 1. The summed E-state index contributed by atoms with van der Waals surface area (Å²) in [6.07, 6.45) is 1.18. The molecule has 1 saturated heterocycles. The molecule has 0 saturated carbocycles. The smallest absolute Gasteiger partial charge is 0.0471 e. The summed E-state index contributed by atoms with van der Waals surface area (Å²) in [5, 5.41) is 12.0. The maximum atomic E-state index is 8.77. The van der Waals surface area contributed by atoms with Crippen LogP contribution in [0.2, 0.25) is 0 Å².